The number of phenolic OH excluding ortho intramolecular Hbond substituents is 1. The quantitative estimate of drug-likeness (QED) is 0.342. The van der Waals surface area contributed by atoms with Gasteiger partial charge in [0.05, 0.1) is 22.0 Å². The molecule has 3 aromatic rings. The molecule has 0 fully saturated rings. The Hall–Kier alpha value is -4.60. The number of anilines is 3. The number of aromatic hydroxyl groups is 1. The fourth-order valence-electron chi connectivity index (χ4n) is 2.71. The third-order valence-corrected chi connectivity index (χ3v) is 4.04. The minimum atomic E-state index is -0.941. The lowest BCUT2D eigenvalue weighted by molar-refractivity contribution is -0.384. The lowest BCUT2D eigenvalue weighted by atomic mass is 10.2. The zero-order chi connectivity index (χ0) is 21.7. The number of rotatable bonds is 4. The van der Waals surface area contributed by atoms with E-state index in [0.29, 0.717) is 11.4 Å². The Morgan fingerprint density at radius 3 is 1.93 bits per heavy atom. The molecule has 0 saturated carbocycles. The van der Waals surface area contributed by atoms with Crippen LogP contribution >= 0.6 is 0 Å². The fourth-order valence-corrected chi connectivity index (χ4v) is 2.71. The predicted molar refractivity (Wildman–Crippen MR) is 111 cm³/mol. The van der Waals surface area contributed by atoms with Gasteiger partial charge in [0, 0.05) is 12.1 Å². The number of hydrogen-bond acceptors (Lipinski definition) is 5. The molecule has 3 rings (SSSR count). The number of para-hydroxylation sites is 2. The first kappa shape index (κ1) is 20.1. The number of nitro groups is 1. The van der Waals surface area contributed by atoms with Crippen molar-refractivity contribution in [2.24, 2.45) is 5.73 Å². The molecule has 3 aromatic carbocycles. The molecule has 0 spiro atoms. The van der Waals surface area contributed by atoms with Crippen LogP contribution in [0.1, 0.15) is 0 Å². The van der Waals surface area contributed by atoms with Gasteiger partial charge in [-0.3, -0.25) is 10.1 Å². The smallest absolute Gasteiger partial charge is 0.346 e. The van der Waals surface area contributed by atoms with E-state index in [1.807, 2.05) is 0 Å². The number of hydrogen-bond donors (Lipinski definition) is 3. The highest BCUT2D eigenvalue weighted by Crippen LogP contribution is 2.30. The minimum Gasteiger partial charge on any atom is -0.506 e. The number of benzene rings is 3. The topological polar surface area (TPSA) is 142 Å². The Balaban J connectivity index is 2.05. The van der Waals surface area contributed by atoms with Gasteiger partial charge in [0.15, 0.2) is 0 Å². The zero-order valence-corrected chi connectivity index (χ0v) is 15.5. The first-order chi connectivity index (χ1) is 14.4. The molecule has 0 aliphatic heterocycles. The Morgan fingerprint density at radius 1 is 0.900 bits per heavy atom. The van der Waals surface area contributed by atoms with Crippen LogP contribution < -0.4 is 21.1 Å². The lowest BCUT2D eigenvalue weighted by Crippen LogP contribution is -2.54. The number of urea groups is 2. The minimum absolute atomic E-state index is 0.201. The summed E-state index contributed by atoms with van der Waals surface area (Å²) in [5.74, 6) is -0.382. The summed E-state index contributed by atoms with van der Waals surface area (Å²) in [6, 6.07) is 17.8. The number of phenols is 1. The van der Waals surface area contributed by atoms with Crippen LogP contribution in [-0.2, 0) is 0 Å². The second-order valence-corrected chi connectivity index (χ2v) is 6.02. The maximum Gasteiger partial charge on any atom is 0.346 e. The number of nitrogens with zero attached hydrogens (tertiary/aromatic N) is 3. The Bertz CT molecular complexity index is 1080. The average molecular weight is 407 g/mol. The van der Waals surface area contributed by atoms with Crippen molar-refractivity contribution in [2.75, 3.05) is 15.3 Å². The van der Waals surface area contributed by atoms with Crippen molar-refractivity contribution in [1.82, 2.24) is 0 Å². The molecule has 0 heterocycles. The summed E-state index contributed by atoms with van der Waals surface area (Å²) in [6.45, 7) is 0. The second-order valence-electron chi connectivity index (χ2n) is 6.02. The largest absolute Gasteiger partial charge is 0.506 e. The third kappa shape index (κ3) is 4.28. The summed E-state index contributed by atoms with van der Waals surface area (Å²) in [5, 5.41) is 25.3. The van der Waals surface area contributed by atoms with Crippen LogP contribution in [0.2, 0.25) is 0 Å². The first-order valence-electron chi connectivity index (χ1n) is 8.66. The predicted octanol–water partition coefficient (Wildman–Crippen LogP) is 3.84. The number of nitrogens with one attached hydrogen (secondary N) is 1. The molecule has 0 unspecified atom stereocenters. The Labute approximate surface area is 170 Å². The van der Waals surface area contributed by atoms with Gasteiger partial charge in [-0.25, -0.2) is 9.59 Å². The van der Waals surface area contributed by atoms with Crippen LogP contribution in [0.5, 0.6) is 5.75 Å². The summed E-state index contributed by atoms with van der Waals surface area (Å²) in [4.78, 5) is 35.8. The van der Waals surface area contributed by atoms with Gasteiger partial charge in [0.25, 0.3) is 5.69 Å². The number of amides is 4. The molecule has 0 bridgehead atoms. The van der Waals surface area contributed by atoms with Crippen LogP contribution in [0.15, 0.2) is 78.9 Å². The Morgan fingerprint density at radius 2 is 1.43 bits per heavy atom. The van der Waals surface area contributed by atoms with Gasteiger partial charge in [-0.1, -0.05) is 36.4 Å². The van der Waals surface area contributed by atoms with Crippen molar-refractivity contribution in [3.8, 4) is 5.75 Å². The summed E-state index contributed by atoms with van der Waals surface area (Å²) in [5.41, 5.74) is 5.63. The summed E-state index contributed by atoms with van der Waals surface area (Å²) >= 11 is 0. The van der Waals surface area contributed by atoms with Crippen LogP contribution in [0, 0.1) is 10.1 Å². The molecule has 152 valence electrons. The normalized spacial score (nSPS) is 10.1. The third-order valence-electron chi connectivity index (χ3n) is 4.04. The number of nitrogens with two attached hydrogens (primary N) is 1. The highest BCUT2D eigenvalue weighted by molar-refractivity contribution is 6.10. The van der Waals surface area contributed by atoms with Crippen LogP contribution in [0.3, 0.4) is 0 Å². The van der Waals surface area contributed by atoms with Crippen molar-refractivity contribution < 1.29 is 19.6 Å². The van der Waals surface area contributed by atoms with E-state index in [1.165, 1.54) is 0 Å². The van der Waals surface area contributed by atoms with E-state index in [-0.39, 0.29) is 17.1 Å². The summed E-state index contributed by atoms with van der Waals surface area (Å²) in [7, 11) is 0. The Kier molecular flexibility index (Phi) is 5.78. The fraction of sp³-hybridized carbons (Fsp3) is 0. The molecule has 10 heteroatoms. The summed E-state index contributed by atoms with van der Waals surface area (Å²) < 4.78 is 0. The first-order valence-corrected chi connectivity index (χ1v) is 8.66. The van der Waals surface area contributed by atoms with Gasteiger partial charge in [-0.15, -0.1) is 0 Å². The molecule has 0 atom stereocenters. The lowest BCUT2D eigenvalue weighted by Gasteiger charge is -2.33. The van der Waals surface area contributed by atoms with Gasteiger partial charge in [0.2, 0.25) is 0 Å². The summed E-state index contributed by atoms with van der Waals surface area (Å²) in [6.07, 6.45) is 0. The van der Waals surface area contributed by atoms with Crippen molar-refractivity contribution >= 4 is 34.8 Å². The van der Waals surface area contributed by atoms with E-state index < -0.39 is 17.0 Å². The maximum atomic E-state index is 13.2. The molecule has 10 nitrogen and oxygen atoms in total. The number of non-ortho nitro benzene ring substituents is 1. The molecule has 30 heavy (non-hydrogen) atoms. The van der Waals surface area contributed by atoms with Crippen LogP contribution in [-0.4, -0.2) is 22.1 Å². The average Bonchev–Trinajstić information content (AvgIpc) is 2.74. The standard InChI is InChI=1S/C20H17N5O5/c21-19(27)23(14-7-3-1-4-8-14)24(15-9-5-2-6-10-15)20(28)22-17-13-16(25(29)30)11-12-18(17)26/h1-13,26H,(H2,21,27)(H,22,28). The van der Waals surface area contributed by atoms with Crippen LogP contribution in [0.4, 0.5) is 32.3 Å². The molecule has 0 aromatic heterocycles. The van der Waals surface area contributed by atoms with Gasteiger partial charge in [-0.2, -0.15) is 10.0 Å². The van der Waals surface area contributed by atoms with E-state index in [0.717, 1.165) is 28.2 Å². The molecule has 4 N–H and O–H groups in total. The highest BCUT2D eigenvalue weighted by atomic mass is 16.6. The highest BCUT2D eigenvalue weighted by Gasteiger charge is 2.29. The van der Waals surface area contributed by atoms with Gasteiger partial charge < -0.3 is 16.2 Å². The van der Waals surface area contributed by atoms with Gasteiger partial charge in [-0.05, 0) is 30.3 Å². The van der Waals surface area contributed by atoms with Crippen molar-refractivity contribution in [1.29, 1.82) is 0 Å². The molecule has 4 amide bonds. The van der Waals surface area contributed by atoms with E-state index in [2.05, 4.69) is 5.32 Å². The number of carbonyl (C=O) groups is 2. The van der Waals surface area contributed by atoms with Crippen molar-refractivity contribution in [3.05, 3.63) is 89.0 Å². The molecular weight excluding hydrogens is 390 g/mol. The number of nitro benzene ring substituents is 1. The van der Waals surface area contributed by atoms with Crippen LogP contribution in [0.25, 0.3) is 0 Å². The van der Waals surface area contributed by atoms with E-state index in [4.69, 9.17) is 5.73 Å². The van der Waals surface area contributed by atoms with Gasteiger partial charge >= 0.3 is 12.1 Å². The number of primary amides is 1. The molecule has 0 aliphatic rings. The monoisotopic (exact) mass is 407 g/mol. The SMILES string of the molecule is NC(=O)N(c1ccccc1)N(C(=O)Nc1cc([N+](=O)[O-])ccc1O)c1ccccc1. The molecule has 0 aliphatic carbocycles. The molecular formula is C20H17N5O5. The number of hydrazine groups is 1. The molecule has 0 saturated heterocycles. The van der Waals surface area contributed by atoms with Gasteiger partial charge in [0.1, 0.15) is 5.75 Å². The number of carbonyl (C=O) groups excluding carboxylic acids is 2. The zero-order valence-electron chi connectivity index (χ0n) is 15.5. The second kappa shape index (κ2) is 8.61. The maximum absolute atomic E-state index is 13.2. The van der Waals surface area contributed by atoms with Crippen molar-refractivity contribution in [3.63, 3.8) is 0 Å². The van der Waals surface area contributed by atoms with E-state index >= 15 is 0 Å². The molecule has 0 radical (unpaired) electrons. The van der Waals surface area contributed by atoms with E-state index in [9.17, 15) is 24.8 Å². The van der Waals surface area contributed by atoms with Crippen molar-refractivity contribution in [2.45, 2.75) is 0 Å². The van der Waals surface area contributed by atoms with E-state index in [1.54, 1.807) is 60.7 Å².